The van der Waals surface area contributed by atoms with E-state index in [9.17, 15) is 34.8 Å². The molecule has 16 atom stereocenters. The number of methoxy groups -OCH3 is 2. The summed E-state index contributed by atoms with van der Waals surface area (Å²) < 4.78 is 47.4. The van der Waals surface area contributed by atoms with E-state index in [-0.39, 0.29) is 25.0 Å². The third kappa shape index (κ3) is 3.14. The van der Waals surface area contributed by atoms with Gasteiger partial charge in [-0.15, -0.1) is 0 Å². The average Bonchev–Trinajstić information content (AvgIpc) is 3.44. The lowest BCUT2D eigenvalue weighted by Gasteiger charge is -2.65. The predicted octanol–water partition coefficient (Wildman–Crippen LogP) is -0.774. The maximum atomic E-state index is 14.1. The Morgan fingerprint density at radius 3 is 2.40 bits per heavy atom. The van der Waals surface area contributed by atoms with Gasteiger partial charge in [0.15, 0.2) is 5.60 Å². The highest BCUT2D eigenvalue weighted by Gasteiger charge is 2.96. The molecule has 4 saturated heterocycles. The second kappa shape index (κ2) is 9.57. The molecule has 3 aliphatic carbocycles. The lowest BCUT2D eigenvalue weighted by molar-refractivity contribution is -0.314. The number of aliphatic hydroxyl groups excluding tert-OH is 2. The molecule has 0 aromatic carbocycles. The second-order valence-corrected chi connectivity index (χ2v) is 15.2. The van der Waals surface area contributed by atoms with Crippen LogP contribution in [0.5, 0.6) is 0 Å². The van der Waals surface area contributed by atoms with Crippen LogP contribution in [0.1, 0.15) is 40.5 Å². The van der Waals surface area contributed by atoms with Gasteiger partial charge in [0, 0.05) is 40.6 Å². The number of allylic oxidation sites excluding steroid dienone is 1. The van der Waals surface area contributed by atoms with Crippen molar-refractivity contribution in [2.24, 2.45) is 34.0 Å². The number of fused-ring (bicyclic) bond motifs is 7. The predicted molar refractivity (Wildman–Crippen MR) is 155 cm³/mol. The smallest absolute Gasteiger partial charge is 0.366 e. The van der Waals surface area contributed by atoms with Crippen molar-refractivity contribution < 1.29 is 72.7 Å². The maximum absolute atomic E-state index is 14.1. The summed E-state index contributed by atoms with van der Waals surface area (Å²) in [6.07, 6.45) is -3.11. The van der Waals surface area contributed by atoms with Gasteiger partial charge in [0.25, 0.3) is 5.79 Å². The van der Waals surface area contributed by atoms with Crippen LogP contribution < -0.4 is 0 Å². The van der Waals surface area contributed by atoms with Gasteiger partial charge >= 0.3 is 17.9 Å². The van der Waals surface area contributed by atoms with Crippen LogP contribution in [0.3, 0.4) is 0 Å². The lowest BCUT2D eigenvalue weighted by Crippen LogP contribution is -2.78. The van der Waals surface area contributed by atoms with E-state index >= 15 is 0 Å². The molecule has 2 bridgehead atoms. The minimum atomic E-state index is -2.77. The summed E-state index contributed by atoms with van der Waals surface area (Å²) in [6.45, 7) is 5.77. The van der Waals surface area contributed by atoms with E-state index in [2.05, 4.69) is 0 Å². The van der Waals surface area contributed by atoms with Gasteiger partial charge in [-0.3, -0.25) is 4.79 Å². The van der Waals surface area contributed by atoms with Crippen molar-refractivity contribution >= 4 is 17.9 Å². The Morgan fingerprint density at radius 2 is 1.73 bits per heavy atom. The molecule has 8 rings (SSSR count). The van der Waals surface area contributed by atoms with Crippen molar-refractivity contribution in [1.29, 1.82) is 0 Å². The zero-order chi connectivity index (χ0) is 34.6. The number of aliphatic hydroxyl groups is 4. The molecule has 48 heavy (non-hydrogen) atoms. The lowest BCUT2D eigenvalue weighted by atomic mass is 9.37. The van der Waals surface area contributed by atoms with Gasteiger partial charge in [0.05, 0.1) is 58.1 Å². The topological polar surface area (TPSA) is 209 Å². The second-order valence-electron chi connectivity index (χ2n) is 15.2. The first kappa shape index (κ1) is 32.6. The van der Waals surface area contributed by atoms with E-state index in [0.29, 0.717) is 0 Å². The molecule has 7 fully saturated rings. The number of hydrogen-bond donors (Lipinski definition) is 4. The molecule has 0 aromatic rings. The quantitative estimate of drug-likeness (QED) is 0.122. The number of carbonyl (C=O) groups excluding carboxylic acids is 3. The summed E-state index contributed by atoms with van der Waals surface area (Å²) in [6, 6.07) is 0. The van der Waals surface area contributed by atoms with Crippen LogP contribution in [-0.4, -0.2) is 125 Å². The van der Waals surface area contributed by atoms with E-state index in [1.54, 1.807) is 33.8 Å². The van der Waals surface area contributed by atoms with Gasteiger partial charge in [-0.1, -0.05) is 13.0 Å². The van der Waals surface area contributed by atoms with Crippen LogP contribution in [0, 0.1) is 34.0 Å². The minimum absolute atomic E-state index is 0.264. The molecule has 0 unspecified atom stereocenters. The van der Waals surface area contributed by atoms with Crippen LogP contribution in [0.25, 0.3) is 0 Å². The first-order valence-electron chi connectivity index (χ1n) is 16.3. The number of carbonyl (C=O) groups is 3. The van der Waals surface area contributed by atoms with Crippen LogP contribution in [0.15, 0.2) is 24.0 Å². The molecule has 3 saturated carbocycles. The third-order valence-corrected chi connectivity index (χ3v) is 13.9. The van der Waals surface area contributed by atoms with Gasteiger partial charge in [0.2, 0.25) is 6.29 Å². The van der Waals surface area contributed by atoms with Crippen LogP contribution in [0.4, 0.5) is 0 Å². The summed E-state index contributed by atoms with van der Waals surface area (Å²) in [5, 5.41) is 49.3. The molecular weight excluding hydrogens is 636 g/mol. The third-order valence-electron chi connectivity index (χ3n) is 13.9. The summed E-state index contributed by atoms with van der Waals surface area (Å²) in [5.74, 6) is -8.80. The van der Waals surface area contributed by atoms with Crippen LogP contribution in [-0.2, 0) is 52.3 Å². The molecule has 264 valence electrons. The SMILES string of the molecule is C/C=C(\C)C(=O)O[C@@H]1C[C@H](O)[C@@]23CO[C@](O)(C(=O)OC)[C@@H]2[C@](C)([C@@]24O[C@]2(C)[C@H]2C[C@@H]4O[C@@H]4OC=C[C@]42O)[C@H](O)[C@H]2OC[C@@]1(C(=O)OC)[C@H]23. The Morgan fingerprint density at radius 1 is 1.02 bits per heavy atom. The highest BCUT2D eigenvalue weighted by atomic mass is 16.7. The fraction of sp³-hybridized carbons (Fsp3) is 0.788. The Bertz CT molecular complexity index is 1550. The van der Waals surface area contributed by atoms with Gasteiger partial charge < -0.3 is 58.3 Å². The van der Waals surface area contributed by atoms with E-state index in [1.807, 2.05) is 0 Å². The van der Waals surface area contributed by atoms with Crippen LogP contribution in [0.2, 0.25) is 0 Å². The molecule has 5 aliphatic heterocycles. The summed E-state index contributed by atoms with van der Waals surface area (Å²) >= 11 is 0. The molecule has 5 heterocycles. The van der Waals surface area contributed by atoms with E-state index in [1.165, 1.54) is 19.4 Å². The standard InChI is InChI=1S/C33H42O15/c1-7-14(2)22(36)46-17-11-16(34)29-13-45-32(40,25(38)42-6)23(29)27(3,21(35)19-20(29)30(17,12-44-19)24(37)41-5)33-18-10-15(28(33,4)48-33)31(39)8-9-43-26(31)47-18/h7-9,15-21,23,26,34-35,39-40H,10-13H2,1-6H3/b14-7+/t15-,16+,17-,18+,19+,20-,21-,23-,26+,27-,28-,29-,30+,31-,32+,33-/m1/s1. The average molecular weight is 679 g/mol. The van der Waals surface area contributed by atoms with Gasteiger partial charge in [0.1, 0.15) is 22.7 Å². The highest BCUT2D eigenvalue weighted by Crippen LogP contribution is 2.82. The number of hydrogen-bond acceptors (Lipinski definition) is 15. The molecule has 1 spiro atoms. The molecule has 0 radical (unpaired) electrons. The van der Waals surface area contributed by atoms with Crippen molar-refractivity contribution in [1.82, 2.24) is 0 Å². The monoisotopic (exact) mass is 678 g/mol. The Kier molecular flexibility index (Phi) is 6.50. The molecule has 0 amide bonds. The molecule has 4 N–H and O–H groups in total. The highest BCUT2D eigenvalue weighted by molar-refractivity contribution is 5.88. The number of ether oxygens (including phenoxy) is 8. The number of rotatable bonds is 5. The van der Waals surface area contributed by atoms with Crippen LogP contribution >= 0.6 is 0 Å². The Hall–Kier alpha value is -2.63. The summed E-state index contributed by atoms with van der Waals surface area (Å²) in [5.41, 5.74) is -9.22. The van der Waals surface area contributed by atoms with Crippen molar-refractivity contribution in [2.45, 2.75) is 99.9 Å². The Labute approximate surface area is 276 Å². The molecule has 0 aromatic heterocycles. The normalized spacial score (nSPS) is 56.7. The zero-order valence-electron chi connectivity index (χ0n) is 27.5. The van der Waals surface area contributed by atoms with Crippen molar-refractivity contribution in [3.63, 3.8) is 0 Å². The Balaban J connectivity index is 1.34. The first-order valence-corrected chi connectivity index (χ1v) is 16.3. The number of esters is 3. The zero-order valence-corrected chi connectivity index (χ0v) is 27.5. The van der Waals surface area contributed by atoms with E-state index in [4.69, 9.17) is 37.9 Å². The first-order chi connectivity index (χ1) is 22.6. The maximum Gasteiger partial charge on any atom is 0.366 e. The summed E-state index contributed by atoms with van der Waals surface area (Å²) in [7, 11) is 2.25. The van der Waals surface area contributed by atoms with E-state index < -0.39 is 118 Å². The molecule has 15 nitrogen and oxygen atoms in total. The minimum Gasteiger partial charge on any atom is -0.469 e. The molecule has 15 heteroatoms. The molecule has 8 aliphatic rings. The van der Waals surface area contributed by atoms with E-state index in [0.717, 1.165) is 7.11 Å². The summed E-state index contributed by atoms with van der Waals surface area (Å²) in [4.78, 5) is 40.9. The van der Waals surface area contributed by atoms with Crippen molar-refractivity contribution in [3.05, 3.63) is 24.0 Å². The van der Waals surface area contributed by atoms with Gasteiger partial charge in [-0.2, -0.15) is 0 Å². The fourth-order valence-corrected chi connectivity index (χ4v) is 11.8. The fourth-order valence-electron chi connectivity index (χ4n) is 11.8. The van der Waals surface area contributed by atoms with Gasteiger partial charge in [-0.25, -0.2) is 9.59 Å². The molecular formula is C33H42O15. The van der Waals surface area contributed by atoms with Crippen molar-refractivity contribution in [2.75, 3.05) is 27.4 Å². The van der Waals surface area contributed by atoms with Gasteiger partial charge in [-0.05, 0) is 33.3 Å². The number of epoxide rings is 1. The van der Waals surface area contributed by atoms with Crippen molar-refractivity contribution in [3.8, 4) is 0 Å². The largest absolute Gasteiger partial charge is 0.469 e.